The number of rotatable bonds is 3. The summed E-state index contributed by atoms with van der Waals surface area (Å²) in [6.45, 7) is 1.69. The van der Waals surface area contributed by atoms with E-state index in [9.17, 15) is 13.9 Å². The summed E-state index contributed by atoms with van der Waals surface area (Å²) < 4.78 is 33.3. The molecule has 2 heterocycles. The number of fused-ring (bicyclic) bond motifs is 2. The Bertz CT molecular complexity index is 535. The molecule has 0 radical (unpaired) electrons. The number of hydrogen-bond donors (Lipinski definition) is 2. The number of nitrogens with two attached hydrogens (primary N) is 1. The molecule has 2 fully saturated rings. The van der Waals surface area contributed by atoms with Gasteiger partial charge >= 0.3 is 0 Å². The molecule has 3 nitrogen and oxygen atoms in total. The van der Waals surface area contributed by atoms with Crippen molar-refractivity contribution in [1.29, 1.82) is 0 Å². The second-order valence-corrected chi connectivity index (χ2v) is 6.06. The van der Waals surface area contributed by atoms with Crippen LogP contribution in [0.5, 0.6) is 0 Å². The zero-order chi connectivity index (χ0) is 14.5. The van der Waals surface area contributed by atoms with E-state index in [1.807, 2.05) is 0 Å². The smallest absolute Gasteiger partial charge is 0.164 e. The second-order valence-electron chi connectivity index (χ2n) is 6.06. The molecule has 110 valence electrons. The summed E-state index contributed by atoms with van der Waals surface area (Å²) in [5, 5.41) is 11.0. The van der Waals surface area contributed by atoms with Crippen molar-refractivity contribution in [2.75, 3.05) is 6.54 Å². The topological polar surface area (TPSA) is 55.5 Å². The van der Waals surface area contributed by atoms with Gasteiger partial charge in [-0.3, -0.25) is 0 Å². The molecule has 4 unspecified atom stereocenters. The van der Waals surface area contributed by atoms with Crippen molar-refractivity contribution in [2.45, 2.75) is 44.0 Å². The van der Waals surface area contributed by atoms with Gasteiger partial charge in [0.15, 0.2) is 11.6 Å². The van der Waals surface area contributed by atoms with Crippen molar-refractivity contribution >= 4 is 0 Å². The van der Waals surface area contributed by atoms with Gasteiger partial charge < -0.3 is 15.6 Å². The van der Waals surface area contributed by atoms with Gasteiger partial charge in [-0.1, -0.05) is 12.1 Å². The molecular weight excluding hydrogens is 264 g/mol. The highest BCUT2D eigenvalue weighted by Crippen LogP contribution is 2.56. The molecular formula is C15H19F2NO2. The molecule has 4 atom stereocenters. The predicted molar refractivity (Wildman–Crippen MR) is 69.9 cm³/mol. The first kappa shape index (κ1) is 13.9. The average molecular weight is 283 g/mol. The van der Waals surface area contributed by atoms with Gasteiger partial charge in [-0.25, -0.2) is 8.78 Å². The molecule has 3 rings (SSSR count). The highest BCUT2D eigenvalue weighted by atomic mass is 19.2. The number of benzene rings is 1. The maximum Gasteiger partial charge on any atom is 0.164 e. The highest BCUT2D eigenvalue weighted by Gasteiger charge is 2.61. The first-order chi connectivity index (χ1) is 9.42. The third kappa shape index (κ3) is 1.66. The van der Waals surface area contributed by atoms with Crippen LogP contribution in [0.25, 0.3) is 0 Å². The Kier molecular flexibility index (Phi) is 3.12. The predicted octanol–water partition coefficient (Wildman–Crippen LogP) is 2.07. The highest BCUT2D eigenvalue weighted by molar-refractivity contribution is 5.30. The molecule has 0 aromatic heterocycles. The van der Waals surface area contributed by atoms with Crippen molar-refractivity contribution in [2.24, 2.45) is 11.1 Å². The van der Waals surface area contributed by atoms with Crippen molar-refractivity contribution < 1.29 is 18.6 Å². The Labute approximate surface area is 116 Å². The summed E-state index contributed by atoms with van der Waals surface area (Å²) in [4.78, 5) is 0. The Hall–Kier alpha value is -1.04. The normalized spacial score (nSPS) is 35.2. The Morgan fingerprint density at radius 1 is 1.45 bits per heavy atom. The molecule has 2 aliphatic heterocycles. The van der Waals surface area contributed by atoms with E-state index in [0.717, 1.165) is 18.9 Å². The van der Waals surface area contributed by atoms with Crippen LogP contribution in [0.2, 0.25) is 0 Å². The number of hydrogen-bond acceptors (Lipinski definition) is 3. The lowest BCUT2D eigenvalue weighted by atomic mass is 9.61. The van der Waals surface area contributed by atoms with E-state index in [1.165, 1.54) is 19.1 Å². The minimum Gasteiger partial charge on any atom is -0.385 e. The van der Waals surface area contributed by atoms with Crippen molar-refractivity contribution in [3.05, 3.63) is 35.4 Å². The van der Waals surface area contributed by atoms with E-state index in [1.54, 1.807) is 0 Å². The van der Waals surface area contributed by atoms with Crippen LogP contribution >= 0.6 is 0 Å². The first-order valence-corrected chi connectivity index (χ1v) is 6.95. The van der Waals surface area contributed by atoms with Crippen LogP contribution < -0.4 is 5.73 Å². The minimum absolute atomic E-state index is 0.0425. The van der Waals surface area contributed by atoms with Crippen LogP contribution in [-0.4, -0.2) is 23.9 Å². The molecule has 1 aromatic carbocycles. The van der Waals surface area contributed by atoms with E-state index in [2.05, 4.69) is 0 Å². The van der Waals surface area contributed by atoms with Crippen LogP contribution in [0.3, 0.4) is 0 Å². The van der Waals surface area contributed by atoms with Crippen molar-refractivity contribution in [1.82, 2.24) is 0 Å². The summed E-state index contributed by atoms with van der Waals surface area (Å²) in [7, 11) is 0. The summed E-state index contributed by atoms with van der Waals surface area (Å²) in [5.41, 5.74) is 3.55. The van der Waals surface area contributed by atoms with Crippen LogP contribution in [0, 0.1) is 17.0 Å². The number of ether oxygens (including phenoxy) is 1. The van der Waals surface area contributed by atoms with Crippen LogP contribution in [0.1, 0.15) is 31.7 Å². The van der Waals surface area contributed by atoms with Gasteiger partial charge in [0, 0.05) is 17.5 Å². The van der Waals surface area contributed by atoms with E-state index in [0.29, 0.717) is 6.42 Å². The maximum absolute atomic E-state index is 14.1. The minimum atomic E-state index is -1.56. The lowest BCUT2D eigenvalue weighted by Gasteiger charge is -2.46. The molecule has 5 heteroatoms. The Morgan fingerprint density at radius 3 is 2.75 bits per heavy atom. The van der Waals surface area contributed by atoms with E-state index in [4.69, 9.17) is 10.5 Å². The zero-order valence-corrected chi connectivity index (χ0v) is 11.4. The molecule has 0 spiro atoms. The van der Waals surface area contributed by atoms with Gasteiger partial charge in [0.05, 0.1) is 17.8 Å². The summed E-state index contributed by atoms with van der Waals surface area (Å²) in [6, 6.07) is 3.86. The standard InChI is InChI=1S/C15H19F2NO2/c1-14(19,10-3-2-4-11(16)13(10)17)15(8-18)7-9-5-6-12(15)20-9/h2-4,9,12,19H,5-8,18H2,1H3. The molecule has 2 saturated heterocycles. The average Bonchev–Trinajstić information content (AvgIpc) is 3.02. The Morgan fingerprint density at radius 2 is 2.20 bits per heavy atom. The zero-order valence-electron chi connectivity index (χ0n) is 11.4. The lowest BCUT2D eigenvalue weighted by molar-refractivity contribution is -0.107. The van der Waals surface area contributed by atoms with Gasteiger partial charge in [-0.15, -0.1) is 0 Å². The maximum atomic E-state index is 14.1. The van der Waals surface area contributed by atoms with Crippen molar-refractivity contribution in [3.63, 3.8) is 0 Å². The molecule has 3 N–H and O–H groups in total. The van der Waals surface area contributed by atoms with E-state index < -0.39 is 22.7 Å². The first-order valence-electron chi connectivity index (χ1n) is 6.95. The van der Waals surface area contributed by atoms with Gasteiger partial charge in [-0.2, -0.15) is 0 Å². The summed E-state index contributed by atoms with van der Waals surface area (Å²) >= 11 is 0. The Balaban J connectivity index is 2.08. The summed E-state index contributed by atoms with van der Waals surface area (Å²) in [5.74, 6) is -1.97. The van der Waals surface area contributed by atoms with E-state index in [-0.39, 0.29) is 24.3 Å². The van der Waals surface area contributed by atoms with Crippen LogP contribution in [0.4, 0.5) is 8.78 Å². The fourth-order valence-corrected chi connectivity index (χ4v) is 3.87. The molecule has 2 bridgehead atoms. The fraction of sp³-hybridized carbons (Fsp3) is 0.600. The van der Waals surface area contributed by atoms with E-state index >= 15 is 0 Å². The number of aliphatic hydroxyl groups is 1. The fourth-order valence-electron chi connectivity index (χ4n) is 3.87. The SMILES string of the molecule is CC(O)(c1cccc(F)c1F)C1(CN)CC2CCC1O2. The monoisotopic (exact) mass is 283 g/mol. The third-order valence-electron chi connectivity index (χ3n) is 5.13. The van der Waals surface area contributed by atoms with Crippen LogP contribution in [0.15, 0.2) is 18.2 Å². The third-order valence-corrected chi connectivity index (χ3v) is 5.13. The largest absolute Gasteiger partial charge is 0.385 e. The second kappa shape index (κ2) is 4.48. The molecule has 0 saturated carbocycles. The van der Waals surface area contributed by atoms with Gasteiger partial charge in [0.25, 0.3) is 0 Å². The quantitative estimate of drug-likeness (QED) is 0.893. The summed E-state index contributed by atoms with van der Waals surface area (Å²) in [6.07, 6.45) is 2.18. The lowest BCUT2D eigenvalue weighted by Crippen LogP contribution is -2.54. The number of halogens is 2. The van der Waals surface area contributed by atoms with Gasteiger partial charge in [-0.05, 0) is 32.3 Å². The molecule has 1 aromatic rings. The van der Waals surface area contributed by atoms with Gasteiger partial charge in [0.2, 0.25) is 0 Å². The van der Waals surface area contributed by atoms with Crippen LogP contribution in [-0.2, 0) is 10.3 Å². The van der Waals surface area contributed by atoms with Crippen molar-refractivity contribution in [3.8, 4) is 0 Å². The molecule has 20 heavy (non-hydrogen) atoms. The molecule has 0 aliphatic carbocycles. The molecule has 2 aliphatic rings. The molecule has 0 amide bonds. The van der Waals surface area contributed by atoms with Gasteiger partial charge in [0.1, 0.15) is 0 Å².